The smallest absolute Gasteiger partial charge is 0.239 e. The Morgan fingerprint density at radius 2 is 1.58 bits per heavy atom. The average Bonchev–Trinajstić information content (AvgIpc) is 2.64. The Labute approximate surface area is 147 Å². The van der Waals surface area contributed by atoms with E-state index in [9.17, 15) is 20.1 Å². The van der Waals surface area contributed by atoms with Gasteiger partial charge in [-0.05, 0) is 18.2 Å². The molecule has 0 radical (unpaired) electrons. The summed E-state index contributed by atoms with van der Waals surface area (Å²) in [7, 11) is 3.96. The standard InChI is InChI=1S/C18H16O8/c1-23-10-6-8(4-5-9(10)19)17-18(25-3)16(22)13-11(26-17)7-12(24-2)14(20)15(13)21/h4-7,19-21H,1-3H3. The van der Waals surface area contributed by atoms with Crippen LogP contribution in [-0.4, -0.2) is 36.6 Å². The van der Waals surface area contributed by atoms with Crippen molar-refractivity contribution < 1.29 is 33.9 Å². The molecule has 0 saturated carbocycles. The largest absolute Gasteiger partial charge is 0.504 e. The van der Waals surface area contributed by atoms with Gasteiger partial charge in [0.05, 0.1) is 21.3 Å². The van der Waals surface area contributed by atoms with E-state index in [0.29, 0.717) is 5.56 Å². The molecule has 2 aromatic carbocycles. The number of rotatable bonds is 4. The topological polar surface area (TPSA) is 119 Å². The van der Waals surface area contributed by atoms with Crippen molar-refractivity contribution in [3.63, 3.8) is 0 Å². The molecule has 3 aromatic rings. The SMILES string of the molecule is COc1cc(-c2oc3cc(OC)c(O)c(O)c3c(=O)c2OC)ccc1O. The third-order valence-corrected chi connectivity index (χ3v) is 3.92. The van der Waals surface area contributed by atoms with E-state index in [0.717, 1.165) is 0 Å². The summed E-state index contributed by atoms with van der Waals surface area (Å²) in [4.78, 5) is 12.8. The van der Waals surface area contributed by atoms with Crippen LogP contribution < -0.4 is 19.6 Å². The summed E-state index contributed by atoms with van der Waals surface area (Å²) in [6.07, 6.45) is 0. The van der Waals surface area contributed by atoms with Crippen LogP contribution in [0.5, 0.6) is 34.5 Å². The van der Waals surface area contributed by atoms with E-state index in [1.165, 1.54) is 45.6 Å². The number of hydrogen-bond acceptors (Lipinski definition) is 8. The van der Waals surface area contributed by atoms with E-state index < -0.39 is 16.9 Å². The second-order valence-corrected chi connectivity index (χ2v) is 5.33. The zero-order valence-electron chi connectivity index (χ0n) is 14.2. The van der Waals surface area contributed by atoms with Gasteiger partial charge in [0.25, 0.3) is 0 Å². The molecule has 8 nitrogen and oxygen atoms in total. The third kappa shape index (κ3) is 2.52. The van der Waals surface area contributed by atoms with Crippen molar-refractivity contribution in [2.75, 3.05) is 21.3 Å². The Morgan fingerprint density at radius 3 is 2.19 bits per heavy atom. The molecule has 0 amide bonds. The predicted octanol–water partition coefficient (Wildman–Crippen LogP) is 2.60. The fourth-order valence-electron chi connectivity index (χ4n) is 2.63. The molecule has 0 aliphatic heterocycles. The van der Waals surface area contributed by atoms with Gasteiger partial charge in [-0.2, -0.15) is 0 Å². The molecule has 136 valence electrons. The number of phenols is 3. The minimum absolute atomic E-state index is 0.00927. The van der Waals surface area contributed by atoms with E-state index in [4.69, 9.17) is 18.6 Å². The van der Waals surface area contributed by atoms with Gasteiger partial charge in [0.1, 0.15) is 11.0 Å². The maximum absolute atomic E-state index is 12.8. The van der Waals surface area contributed by atoms with Crippen LogP contribution in [0.3, 0.4) is 0 Å². The molecule has 0 aliphatic carbocycles. The van der Waals surface area contributed by atoms with Crippen LogP contribution in [0.15, 0.2) is 33.5 Å². The number of fused-ring (bicyclic) bond motifs is 1. The summed E-state index contributed by atoms with van der Waals surface area (Å²) in [6, 6.07) is 5.65. The lowest BCUT2D eigenvalue weighted by molar-refractivity contribution is 0.351. The van der Waals surface area contributed by atoms with E-state index in [1.807, 2.05) is 0 Å². The van der Waals surface area contributed by atoms with Gasteiger partial charge < -0.3 is 33.9 Å². The normalized spacial score (nSPS) is 10.7. The molecular weight excluding hydrogens is 344 g/mol. The van der Waals surface area contributed by atoms with Crippen molar-refractivity contribution in [1.82, 2.24) is 0 Å². The Kier molecular flexibility index (Phi) is 4.25. The molecule has 26 heavy (non-hydrogen) atoms. The number of phenolic OH excluding ortho intramolecular Hbond substituents is 3. The fourth-order valence-corrected chi connectivity index (χ4v) is 2.63. The summed E-state index contributed by atoms with van der Waals surface area (Å²) in [5, 5.41) is 29.6. The highest BCUT2D eigenvalue weighted by atomic mass is 16.5. The van der Waals surface area contributed by atoms with Gasteiger partial charge in [-0.15, -0.1) is 0 Å². The van der Waals surface area contributed by atoms with E-state index in [-0.39, 0.29) is 39.7 Å². The molecule has 0 fully saturated rings. The summed E-state index contributed by atoms with van der Waals surface area (Å²) in [5.74, 6) is -1.31. The Hall–Kier alpha value is -3.55. The Balaban J connectivity index is 2.40. The van der Waals surface area contributed by atoms with Gasteiger partial charge in [-0.1, -0.05) is 0 Å². The zero-order chi connectivity index (χ0) is 19.0. The molecule has 0 spiro atoms. The molecule has 1 aromatic heterocycles. The molecule has 0 bridgehead atoms. The van der Waals surface area contributed by atoms with Crippen molar-refractivity contribution in [2.24, 2.45) is 0 Å². The van der Waals surface area contributed by atoms with Crippen LogP contribution in [0.2, 0.25) is 0 Å². The first-order valence-corrected chi connectivity index (χ1v) is 7.44. The lowest BCUT2D eigenvalue weighted by Crippen LogP contribution is -2.08. The van der Waals surface area contributed by atoms with Crippen LogP contribution >= 0.6 is 0 Å². The molecule has 0 saturated heterocycles. The lowest BCUT2D eigenvalue weighted by Gasteiger charge is -2.13. The highest BCUT2D eigenvalue weighted by Gasteiger charge is 2.23. The molecule has 0 aliphatic rings. The average molecular weight is 360 g/mol. The van der Waals surface area contributed by atoms with Crippen LogP contribution in [0.25, 0.3) is 22.3 Å². The summed E-state index contributed by atoms with van der Waals surface area (Å²) in [6.45, 7) is 0. The van der Waals surface area contributed by atoms with Gasteiger partial charge >= 0.3 is 0 Å². The molecule has 8 heteroatoms. The summed E-state index contributed by atoms with van der Waals surface area (Å²) >= 11 is 0. The molecular formula is C18H16O8. The number of methoxy groups -OCH3 is 3. The van der Waals surface area contributed by atoms with Gasteiger partial charge in [0.15, 0.2) is 28.8 Å². The van der Waals surface area contributed by atoms with Crippen LogP contribution in [-0.2, 0) is 0 Å². The van der Waals surface area contributed by atoms with Gasteiger partial charge in [0.2, 0.25) is 16.9 Å². The predicted molar refractivity (Wildman–Crippen MR) is 92.6 cm³/mol. The minimum atomic E-state index is -0.675. The monoisotopic (exact) mass is 360 g/mol. The van der Waals surface area contributed by atoms with Crippen molar-refractivity contribution in [1.29, 1.82) is 0 Å². The fraction of sp³-hybridized carbons (Fsp3) is 0.167. The van der Waals surface area contributed by atoms with Crippen molar-refractivity contribution >= 4 is 11.0 Å². The second-order valence-electron chi connectivity index (χ2n) is 5.33. The second kappa shape index (κ2) is 6.40. The van der Waals surface area contributed by atoms with Crippen molar-refractivity contribution in [2.45, 2.75) is 0 Å². The third-order valence-electron chi connectivity index (χ3n) is 3.92. The van der Waals surface area contributed by atoms with Crippen LogP contribution in [0.4, 0.5) is 0 Å². The molecule has 0 unspecified atom stereocenters. The van der Waals surface area contributed by atoms with Crippen LogP contribution in [0, 0.1) is 0 Å². The lowest BCUT2D eigenvalue weighted by atomic mass is 10.1. The van der Waals surface area contributed by atoms with E-state index in [1.54, 1.807) is 0 Å². The quantitative estimate of drug-likeness (QED) is 0.608. The minimum Gasteiger partial charge on any atom is -0.504 e. The maximum Gasteiger partial charge on any atom is 0.239 e. The van der Waals surface area contributed by atoms with E-state index in [2.05, 4.69) is 0 Å². The van der Waals surface area contributed by atoms with Crippen molar-refractivity contribution in [3.05, 3.63) is 34.5 Å². The first-order chi connectivity index (χ1) is 12.4. The number of hydrogen-bond donors (Lipinski definition) is 3. The van der Waals surface area contributed by atoms with Gasteiger partial charge in [0, 0.05) is 11.6 Å². The van der Waals surface area contributed by atoms with Crippen molar-refractivity contribution in [3.8, 4) is 45.8 Å². The molecule has 3 N–H and O–H groups in total. The van der Waals surface area contributed by atoms with Gasteiger partial charge in [-0.25, -0.2) is 0 Å². The van der Waals surface area contributed by atoms with Gasteiger partial charge in [-0.3, -0.25) is 4.79 Å². The highest BCUT2D eigenvalue weighted by Crippen LogP contribution is 2.43. The van der Waals surface area contributed by atoms with E-state index >= 15 is 0 Å². The molecule has 1 heterocycles. The van der Waals surface area contributed by atoms with Crippen LogP contribution in [0.1, 0.15) is 0 Å². The molecule has 3 rings (SSSR count). The first kappa shape index (κ1) is 17.3. The maximum atomic E-state index is 12.8. The number of ether oxygens (including phenoxy) is 3. The number of aromatic hydroxyl groups is 3. The summed E-state index contributed by atoms with van der Waals surface area (Å²) < 4.78 is 21.0. The Bertz CT molecular complexity index is 1050. The Morgan fingerprint density at radius 1 is 0.885 bits per heavy atom. The summed E-state index contributed by atoms with van der Waals surface area (Å²) in [5.41, 5.74) is -0.279. The highest BCUT2D eigenvalue weighted by molar-refractivity contribution is 5.91. The molecule has 0 atom stereocenters. The number of benzene rings is 2. The first-order valence-electron chi connectivity index (χ1n) is 7.44. The zero-order valence-corrected chi connectivity index (χ0v) is 14.2.